The Kier molecular flexibility index (Phi) is 2.65. The van der Waals surface area contributed by atoms with Crippen LogP contribution in [-0.4, -0.2) is 5.54 Å². The number of anilines is 1. The van der Waals surface area contributed by atoms with Gasteiger partial charge >= 0.3 is 0 Å². The minimum atomic E-state index is 0.0276. The van der Waals surface area contributed by atoms with Gasteiger partial charge in [-0.25, -0.2) is 0 Å². The first-order chi connectivity index (χ1) is 9.93. The first kappa shape index (κ1) is 13.1. The lowest BCUT2D eigenvalue weighted by Crippen LogP contribution is -2.31. The van der Waals surface area contributed by atoms with Crippen molar-refractivity contribution in [2.24, 2.45) is 0 Å². The summed E-state index contributed by atoms with van der Waals surface area (Å²) in [4.78, 5) is 0. The van der Waals surface area contributed by atoms with Gasteiger partial charge in [-0.2, -0.15) is 0 Å². The average molecular weight is 340 g/mol. The molecule has 0 saturated heterocycles. The molecule has 0 amide bonds. The van der Waals surface area contributed by atoms with Crippen molar-refractivity contribution in [1.29, 1.82) is 0 Å². The molecule has 0 atom stereocenters. The van der Waals surface area contributed by atoms with Gasteiger partial charge in [-0.15, -0.1) is 0 Å². The van der Waals surface area contributed by atoms with Crippen LogP contribution in [0.2, 0.25) is 0 Å². The molecule has 21 heavy (non-hydrogen) atoms. The fraction of sp³-hybridized carbons (Fsp3) is 0.263. The van der Waals surface area contributed by atoms with E-state index in [1.54, 1.807) is 0 Å². The van der Waals surface area contributed by atoms with Gasteiger partial charge in [0, 0.05) is 15.7 Å². The summed E-state index contributed by atoms with van der Waals surface area (Å²) in [6, 6.07) is 11.3. The molecule has 1 N–H and O–H groups in total. The topological polar surface area (TPSA) is 12.0 Å². The van der Waals surface area contributed by atoms with E-state index >= 15 is 0 Å². The highest BCUT2D eigenvalue weighted by atomic mass is 79.9. The molecular formula is C19H18BrN. The summed E-state index contributed by atoms with van der Waals surface area (Å²) in [6.45, 7) is 6.66. The van der Waals surface area contributed by atoms with Crippen LogP contribution < -0.4 is 5.32 Å². The van der Waals surface area contributed by atoms with Crippen molar-refractivity contribution >= 4 is 27.2 Å². The van der Waals surface area contributed by atoms with E-state index < -0.39 is 0 Å². The summed E-state index contributed by atoms with van der Waals surface area (Å²) >= 11 is 3.58. The van der Waals surface area contributed by atoms with Gasteiger partial charge in [-0.3, -0.25) is 0 Å². The van der Waals surface area contributed by atoms with Crippen LogP contribution in [0.15, 0.2) is 40.9 Å². The molecule has 0 radical (unpaired) electrons. The fourth-order valence-electron chi connectivity index (χ4n) is 3.65. The van der Waals surface area contributed by atoms with Crippen LogP contribution in [0.25, 0.3) is 16.7 Å². The molecule has 2 aliphatic rings. The summed E-state index contributed by atoms with van der Waals surface area (Å²) < 4.78 is 1.16. The first-order valence-corrected chi connectivity index (χ1v) is 8.16. The molecule has 1 heterocycles. The second-order valence-corrected chi connectivity index (χ2v) is 7.62. The summed E-state index contributed by atoms with van der Waals surface area (Å²) in [6.07, 6.45) is 3.35. The van der Waals surface area contributed by atoms with Crippen molar-refractivity contribution < 1.29 is 0 Å². The Morgan fingerprint density at radius 3 is 2.57 bits per heavy atom. The molecule has 106 valence electrons. The maximum atomic E-state index is 3.65. The van der Waals surface area contributed by atoms with Crippen molar-refractivity contribution in [1.82, 2.24) is 0 Å². The largest absolute Gasteiger partial charge is 0.376 e. The van der Waals surface area contributed by atoms with E-state index in [1.165, 1.54) is 39.1 Å². The Hall–Kier alpha value is -1.54. The Balaban J connectivity index is 1.91. The van der Waals surface area contributed by atoms with Crippen molar-refractivity contribution in [2.75, 3.05) is 5.32 Å². The van der Waals surface area contributed by atoms with E-state index in [-0.39, 0.29) is 5.54 Å². The van der Waals surface area contributed by atoms with Crippen molar-refractivity contribution in [3.05, 3.63) is 57.6 Å². The molecule has 2 aromatic rings. The van der Waals surface area contributed by atoms with Gasteiger partial charge in [-0.05, 0) is 79.3 Å². The lowest BCUT2D eigenvalue weighted by molar-refractivity contribution is 0.707. The second-order valence-electron chi connectivity index (χ2n) is 6.71. The van der Waals surface area contributed by atoms with Gasteiger partial charge in [0.05, 0.1) is 5.54 Å². The highest BCUT2D eigenvalue weighted by molar-refractivity contribution is 9.10. The summed E-state index contributed by atoms with van der Waals surface area (Å²) in [5.41, 5.74) is 9.62. The molecule has 1 aliphatic heterocycles. The summed E-state index contributed by atoms with van der Waals surface area (Å²) in [5, 5.41) is 3.65. The predicted octanol–water partition coefficient (Wildman–Crippen LogP) is 5.63. The molecule has 0 aromatic heterocycles. The van der Waals surface area contributed by atoms with E-state index in [0.29, 0.717) is 0 Å². The molecular weight excluding hydrogens is 322 g/mol. The minimum Gasteiger partial charge on any atom is -0.376 e. The Bertz CT molecular complexity index is 799. The third-order valence-corrected chi connectivity index (χ3v) is 4.93. The van der Waals surface area contributed by atoms with Gasteiger partial charge in [0.2, 0.25) is 0 Å². The van der Waals surface area contributed by atoms with E-state index in [4.69, 9.17) is 0 Å². The second kappa shape index (κ2) is 4.23. The zero-order valence-electron chi connectivity index (χ0n) is 12.5. The molecule has 0 bridgehead atoms. The number of rotatable bonds is 0. The monoisotopic (exact) mass is 339 g/mol. The van der Waals surface area contributed by atoms with Crippen LogP contribution in [-0.2, 0) is 6.42 Å². The van der Waals surface area contributed by atoms with Crippen molar-refractivity contribution in [3.8, 4) is 11.1 Å². The smallest absolute Gasteiger partial charge is 0.0505 e. The quantitative estimate of drug-likeness (QED) is 0.559. The van der Waals surface area contributed by atoms with E-state index in [9.17, 15) is 0 Å². The number of benzene rings is 2. The number of allylic oxidation sites excluding steroid dienone is 1. The minimum absolute atomic E-state index is 0.0276. The van der Waals surface area contributed by atoms with Crippen molar-refractivity contribution in [3.63, 3.8) is 0 Å². The van der Waals surface area contributed by atoms with Crippen LogP contribution in [0.5, 0.6) is 0 Å². The number of nitrogens with one attached hydrogen (secondary N) is 1. The third kappa shape index (κ3) is 2.04. The number of hydrogen-bond acceptors (Lipinski definition) is 1. The Labute approximate surface area is 134 Å². The van der Waals surface area contributed by atoms with Gasteiger partial charge in [-0.1, -0.05) is 28.1 Å². The predicted molar refractivity (Wildman–Crippen MR) is 93.7 cm³/mol. The lowest BCUT2D eigenvalue weighted by Gasteiger charge is -2.32. The molecule has 0 fully saturated rings. The zero-order chi connectivity index (χ0) is 14.8. The van der Waals surface area contributed by atoms with Crippen LogP contribution in [0.1, 0.15) is 37.5 Å². The molecule has 1 nitrogen and oxygen atoms in total. The third-order valence-electron chi connectivity index (χ3n) is 4.44. The molecule has 0 spiro atoms. The fourth-order valence-corrected chi connectivity index (χ4v) is 4.06. The van der Waals surface area contributed by atoms with Gasteiger partial charge in [0.15, 0.2) is 0 Å². The molecule has 1 aliphatic carbocycles. The highest BCUT2D eigenvalue weighted by Gasteiger charge is 2.26. The first-order valence-electron chi connectivity index (χ1n) is 7.37. The maximum Gasteiger partial charge on any atom is 0.0505 e. The van der Waals surface area contributed by atoms with Crippen LogP contribution in [0.4, 0.5) is 5.69 Å². The van der Waals surface area contributed by atoms with E-state index in [1.807, 2.05) is 0 Å². The summed E-state index contributed by atoms with van der Waals surface area (Å²) in [7, 11) is 0. The number of fused-ring (bicyclic) bond motifs is 4. The lowest BCUT2D eigenvalue weighted by atomic mass is 9.89. The normalized spacial score (nSPS) is 17.4. The molecule has 2 aromatic carbocycles. The van der Waals surface area contributed by atoms with Crippen molar-refractivity contribution in [2.45, 2.75) is 32.7 Å². The molecule has 0 unspecified atom stereocenters. The molecule has 4 rings (SSSR count). The van der Waals surface area contributed by atoms with E-state index in [0.717, 1.165) is 10.9 Å². The SMILES string of the molecule is CC1=CC(C)(C)Nc2cc3c(cc21)-c1ccc(Br)cc1C3. The number of hydrogen-bond donors (Lipinski definition) is 1. The standard InChI is InChI=1S/C19H18BrN/c1-11-10-19(2,3)21-18-8-13-6-12-7-14(20)4-5-15(12)17(13)9-16(11)18/h4-5,7-10,21H,6H2,1-3H3. The highest BCUT2D eigenvalue weighted by Crippen LogP contribution is 2.43. The molecule has 0 saturated carbocycles. The van der Waals surface area contributed by atoms with Gasteiger partial charge < -0.3 is 5.32 Å². The zero-order valence-corrected chi connectivity index (χ0v) is 14.1. The Morgan fingerprint density at radius 2 is 1.76 bits per heavy atom. The summed E-state index contributed by atoms with van der Waals surface area (Å²) in [5.74, 6) is 0. The van der Waals surface area contributed by atoms with Gasteiger partial charge in [0.1, 0.15) is 0 Å². The van der Waals surface area contributed by atoms with Crippen LogP contribution in [0, 0.1) is 0 Å². The van der Waals surface area contributed by atoms with Crippen LogP contribution >= 0.6 is 15.9 Å². The number of halogens is 1. The van der Waals surface area contributed by atoms with E-state index in [2.05, 4.69) is 78.4 Å². The van der Waals surface area contributed by atoms with Gasteiger partial charge in [0.25, 0.3) is 0 Å². The Morgan fingerprint density at radius 1 is 1.00 bits per heavy atom. The average Bonchev–Trinajstić information content (AvgIpc) is 2.71. The molecule has 2 heteroatoms. The maximum absolute atomic E-state index is 3.65. The van der Waals surface area contributed by atoms with Crippen LogP contribution in [0.3, 0.4) is 0 Å².